The molecule has 1 aliphatic heterocycles. The van der Waals surface area contributed by atoms with Crippen molar-refractivity contribution in [3.8, 4) is 0 Å². The molecule has 5 heteroatoms. The maximum absolute atomic E-state index is 10.7. The summed E-state index contributed by atoms with van der Waals surface area (Å²) in [4.78, 5) is 12.8. The number of piperidine rings is 1. The number of hydrogen-bond donors (Lipinski definition) is 1. The molecule has 3 rings (SSSR count). The lowest BCUT2D eigenvalue weighted by Crippen LogP contribution is -2.38. The van der Waals surface area contributed by atoms with Crippen LogP contribution in [-0.4, -0.2) is 29.0 Å². The lowest BCUT2D eigenvalue weighted by atomic mass is 10.0. The first-order valence-electron chi connectivity index (χ1n) is 8.39. The van der Waals surface area contributed by atoms with E-state index < -0.39 is 0 Å². The Bertz CT molecular complexity index is 692. The standard InChI is InChI=1S/C19H23N3O2/c1-15-4-2-3-5-19(15)20-17-10-12-21(13-11-17)14-16-6-8-18(9-7-16)22(23)24/h2-9,17,20H,10-14H2,1H3. The van der Waals surface area contributed by atoms with Crippen molar-refractivity contribution < 1.29 is 4.92 Å². The highest BCUT2D eigenvalue weighted by molar-refractivity contribution is 5.51. The van der Waals surface area contributed by atoms with E-state index in [0.29, 0.717) is 6.04 Å². The SMILES string of the molecule is Cc1ccccc1NC1CCN(Cc2ccc([N+](=O)[O-])cc2)CC1. The first-order chi connectivity index (χ1) is 11.6. The second-order valence-electron chi connectivity index (χ2n) is 6.43. The van der Waals surface area contributed by atoms with Gasteiger partial charge in [0.25, 0.3) is 5.69 Å². The van der Waals surface area contributed by atoms with Crippen LogP contribution in [0.5, 0.6) is 0 Å². The molecule has 24 heavy (non-hydrogen) atoms. The van der Waals surface area contributed by atoms with Crippen LogP contribution in [0, 0.1) is 17.0 Å². The first kappa shape index (κ1) is 16.5. The number of hydrogen-bond acceptors (Lipinski definition) is 4. The lowest BCUT2D eigenvalue weighted by Gasteiger charge is -2.33. The molecule has 1 saturated heterocycles. The van der Waals surface area contributed by atoms with Crippen molar-refractivity contribution in [3.63, 3.8) is 0 Å². The second-order valence-corrected chi connectivity index (χ2v) is 6.43. The molecule has 0 amide bonds. The van der Waals surface area contributed by atoms with E-state index in [0.717, 1.165) is 38.0 Å². The summed E-state index contributed by atoms with van der Waals surface area (Å²) in [6.07, 6.45) is 2.22. The number of benzene rings is 2. The third-order valence-corrected chi connectivity index (χ3v) is 4.65. The minimum atomic E-state index is -0.355. The third kappa shape index (κ3) is 4.11. The number of rotatable bonds is 5. The second kappa shape index (κ2) is 7.45. The molecule has 0 spiro atoms. The van der Waals surface area contributed by atoms with Crippen molar-refractivity contribution in [2.75, 3.05) is 18.4 Å². The Balaban J connectivity index is 1.50. The van der Waals surface area contributed by atoms with Crippen LogP contribution in [0.15, 0.2) is 48.5 Å². The van der Waals surface area contributed by atoms with Gasteiger partial charge < -0.3 is 5.32 Å². The molecule has 0 unspecified atom stereocenters. The predicted octanol–water partition coefficient (Wildman–Crippen LogP) is 3.98. The summed E-state index contributed by atoms with van der Waals surface area (Å²) in [5.41, 5.74) is 3.79. The van der Waals surface area contributed by atoms with E-state index >= 15 is 0 Å². The van der Waals surface area contributed by atoms with E-state index in [9.17, 15) is 10.1 Å². The molecule has 0 aromatic heterocycles. The fourth-order valence-electron chi connectivity index (χ4n) is 3.17. The van der Waals surface area contributed by atoms with Crippen molar-refractivity contribution in [1.82, 2.24) is 4.90 Å². The zero-order valence-corrected chi connectivity index (χ0v) is 13.9. The maximum atomic E-state index is 10.7. The fraction of sp³-hybridized carbons (Fsp3) is 0.368. The summed E-state index contributed by atoms with van der Waals surface area (Å²) < 4.78 is 0. The summed E-state index contributed by atoms with van der Waals surface area (Å²) in [5.74, 6) is 0. The van der Waals surface area contributed by atoms with Gasteiger partial charge in [-0.05, 0) is 37.0 Å². The Morgan fingerprint density at radius 1 is 1.12 bits per heavy atom. The minimum Gasteiger partial charge on any atom is -0.382 e. The fourth-order valence-corrected chi connectivity index (χ4v) is 3.17. The number of nitro benzene ring substituents is 1. The Morgan fingerprint density at radius 2 is 1.79 bits per heavy atom. The number of aryl methyl sites for hydroxylation is 1. The van der Waals surface area contributed by atoms with Gasteiger partial charge >= 0.3 is 0 Å². The highest BCUT2D eigenvalue weighted by atomic mass is 16.6. The summed E-state index contributed by atoms with van der Waals surface area (Å²) in [5, 5.41) is 14.4. The molecule has 0 radical (unpaired) electrons. The summed E-state index contributed by atoms with van der Waals surface area (Å²) >= 11 is 0. The Morgan fingerprint density at radius 3 is 2.42 bits per heavy atom. The average Bonchev–Trinajstić information content (AvgIpc) is 2.59. The molecule has 1 heterocycles. The number of non-ortho nitro benzene ring substituents is 1. The lowest BCUT2D eigenvalue weighted by molar-refractivity contribution is -0.384. The van der Waals surface area contributed by atoms with Gasteiger partial charge in [0.2, 0.25) is 0 Å². The van der Waals surface area contributed by atoms with Crippen LogP contribution in [0.1, 0.15) is 24.0 Å². The molecule has 1 aliphatic rings. The summed E-state index contributed by atoms with van der Waals surface area (Å²) in [7, 11) is 0. The Labute approximate surface area is 142 Å². The molecule has 1 N–H and O–H groups in total. The number of nitrogens with one attached hydrogen (secondary N) is 1. The molecule has 0 saturated carbocycles. The number of anilines is 1. The van der Waals surface area contributed by atoms with E-state index in [4.69, 9.17) is 0 Å². The quantitative estimate of drug-likeness (QED) is 0.667. The number of nitrogens with zero attached hydrogens (tertiary/aromatic N) is 2. The van der Waals surface area contributed by atoms with Crippen molar-refractivity contribution in [2.45, 2.75) is 32.4 Å². The number of nitro groups is 1. The number of para-hydroxylation sites is 1. The summed E-state index contributed by atoms with van der Waals surface area (Å²) in [6, 6.07) is 15.8. The molecular weight excluding hydrogens is 302 g/mol. The highest BCUT2D eigenvalue weighted by Crippen LogP contribution is 2.21. The molecule has 0 atom stereocenters. The zero-order valence-electron chi connectivity index (χ0n) is 13.9. The van der Waals surface area contributed by atoms with Crippen LogP contribution in [0.3, 0.4) is 0 Å². The van der Waals surface area contributed by atoms with Gasteiger partial charge in [0.1, 0.15) is 0 Å². The van der Waals surface area contributed by atoms with E-state index in [2.05, 4.69) is 41.4 Å². The van der Waals surface area contributed by atoms with Gasteiger partial charge in [-0.3, -0.25) is 15.0 Å². The molecule has 126 valence electrons. The summed E-state index contributed by atoms with van der Waals surface area (Å²) in [6.45, 7) is 5.07. The van der Waals surface area contributed by atoms with Gasteiger partial charge in [-0.15, -0.1) is 0 Å². The molecule has 0 bridgehead atoms. The highest BCUT2D eigenvalue weighted by Gasteiger charge is 2.19. The molecular formula is C19H23N3O2. The van der Waals surface area contributed by atoms with E-state index in [1.807, 2.05) is 12.1 Å². The van der Waals surface area contributed by atoms with Crippen molar-refractivity contribution >= 4 is 11.4 Å². The van der Waals surface area contributed by atoms with Crippen LogP contribution in [-0.2, 0) is 6.54 Å². The largest absolute Gasteiger partial charge is 0.382 e. The molecule has 2 aromatic carbocycles. The van der Waals surface area contributed by atoms with Gasteiger partial charge in [0.05, 0.1) is 4.92 Å². The van der Waals surface area contributed by atoms with Gasteiger partial charge in [-0.25, -0.2) is 0 Å². The van der Waals surface area contributed by atoms with Crippen LogP contribution in [0.4, 0.5) is 11.4 Å². The Hall–Kier alpha value is -2.40. The van der Waals surface area contributed by atoms with E-state index in [-0.39, 0.29) is 10.6 Å². The van der Waals surface area contributed by atoms with Gasteiger partial charge in [0, 0.05) is 43.5 Å². The van der Waals surface area contributed by atoms with Crippen LogP contribution >= 0.6 is 0 Å². The topological polar surface area (TPSA) is 58.4 Å². The van der Waals surface area contributed by atoms with Crippen molar-refractivity contribution in [3.05, 3.63) is 69.8 Å². The predicted molar refractivity (Wildman–Crippen MR) is 96.2 cm³/mol. The molecule has 2 aromatic rings. The third-order valence-electron chi connectivity index (χ3n) is 4.65. The Kier molecular flexibility index (Phi) is 5.11. The molecule has 5 nitrogen and oxygen atoms in total. The number of likely N-dealkylation sites (tertiary alicyclic amines) is 1. The monoisotopic (exact) mass is 325 g/mol. The van der Waals surface area contributed by atoms with Crippen LogP contribution in [0.2, 0.25) is 0 Å². The normalized spacial score (nSPS) is 16.0. The molecule has 0 aliphatic carbocycles. The average molecular weight is 325 g/mol. The van der Waals surface area contributed by atoms with Gasteiger partial charge in [-0.1, -0.05) is 30.3 Å². The van der Waals surface area contributed by atoms with Gasteiger partial charge in [-0.2, -0.15) is 0 Å². The first-order valence-corrected chi connectivity index (χ1v) is 8.39. The van der Waals surface area contributed by atoms with Crippen LogP contribution < -0.4 is 5.32 Å². The molecule has 1 fully saturated rings. The smallest absolute Gasteiger partial charge is 0.269 e. The van der Waals surface area contributed by atoms with Crippen molar-refractivity contribution in [2.24, 2.45) is 0 Å². The van der Waals surface area contributed by atoms with Crippen molar-refractivity contribution in [1.29, 1.82) is 0 Å². The minimum absolute atomic E-state index is 0.153. The maximum Gasteiger partial charge on any atom is 0.269 e. The van der Waals surface area contributed by atoms with E-state index in [1.165, 1.54) is 11.3 Å². The van der Waals surface area contributed by atoms with E-state index in [1.54, 1.807) is 12.1 Å². The van der Waals surface area contributed by atoms with Gasteiger partial charge in [0.15, 0.2) is 0 Å². The zero-order chi connectivity index (χ0) is 16.9. The van der Waals surface area contributed by atoms with Crippen LogP contribution in [0.25, 0.3) is 0 Å².